The van der Waals surface area contributed by atoms with E-state index in [-0.39, 0.29) is 17.2 Å². The second-order valence-electron chi connectivity index (χ2n) is 7.38. The second kappa shape index (κ2) is 8.98. The highest BCUT2D eigenvalue weighted by molar-refractivity contribution is 7.99. The zero-order valence-electron chi connectivity index (χ0n) is 16.8. The molecule has 0 saturated heterocycles. The standard InChI is InChI=1S/C23H21N3O2S3/c27-20(25-11-3-6-16-5-1-2-8-19(16)25)15-31-23-24-18-10-14-30-21(18)22(28)26(23)12-9-17-7-4-13-29-17/h1-2,4-5,7-8,10,13-14H,3,6,9,11-12,15H2. The molecule has 0 unspecified atom stereocenters. The lowest BCUT2D eigenvalue weighted by atomic mass is 10.0. The Balaban J connectivity index is 1.39. The highest BCUT2D eigenvalue weighted by atomic mass is 32.2. The monoisotopic (exact) mass is 467 g/mol. The van der Waals surface area contributed by atoms with Crippen LogP contribution in [-0.2, 0) is 24.2 Å². The number of thiophene rings is 2. The molecule has 1 aliphatic rings. The fraction of sp³-hybridized carbons (Fsp3) is 0.261. The molecule has 0 fully saturated rings. The van der Waals surface area contributed by atoms with Crippen LogP contribution in [0.1, 0.15) is 16.9 Å². The summed E-state index contributed by atoms with van der Waals surface area (Å²) in [4.78, 5) is 34.0. The highest BCUT2D eigenvalue weighted by Gasteiger charge is 2.23. The molecule has 0 N–H and O–H groups in total. The molecular formula is C23H21N3O2S3. The first kappa shape index (κ1) is 20.5. The summed E-state index contributed by atoms with van der Waals surface area (Å²) in [5.74, 6) is 0.316. The van der Waals surface area contributed by atoms with Gasteiger partial charge in [0.15, 0.2) is 5.16 Å². The summed E-state index contributed by atoms with van der Waals surface area (Å²) in [7, 11) is 0. The normalized spacial score (nSPS) is 13.5. The predicted molar refractivity (Wildman–Crippen MR) is 130 cm³/mol. The molecule has 5 nitrogen and oxygen atoms in total. The third-order valence-electron chi connectivity index (χ3n) is 5.43. The van der Waals surface area contributed by atoms with Gasteiger partial charge < -0.3 is 4.90 Å². The molecule has 0 spiro atoms. The summed E-state index contributed by atoms with van der Waals surface area (Å²) in [5.41, 5.74) is 2.92. The number of thioether (sulfide) groups is 1. The van der Waals surface area contributed by atoms with Gasteiger partial charge in [-0.15, -0.1) is 22.7 Å². The number of hydrogen-bond acceptors (Lipinski definition) is 6. The Morgan fingerprint density at radius 1 is 1.10 bits per heavy atom. The molecule has 1 aromatic carbocycles. The number of carbonyl (C=O) groups is 1. The van der Waals surface area contributed by atoms with E-state index in [2.05, 4.69) is 12.1 Å². The minimum atomic E-state index is -0.0187. The van der Waals surface area contributed by atoms with Crippen LogP contribution in [0.4, 0.5) is 5.69 Å². The molecule has 1 aliphatic heterocycles. The third-order valence-corrected chi connectivity index (χ3v) is 8.22. The largest absolute Gasteiger partial charge is 0.311 e. The Labute approximate surface area is 192 Å². The van der Waals surface area contributed by atoms with E-state index in [1.165, 1.54) is 33.5 Å². The van der Waals surface area contributed by atoms with Crippen molar-refractivity contribution in [3.8, 4) is 0 Å². The van der Waals surface area contributed by atoms with Gasteiger partial charge in [0.1, 0.15) is 4.70 Å². The van der Waals surface area contributed by atoms with Gasteiger partial charge in [-0.3, -0.25) is 14.2 Å². The van der Waals surface area contributed by atoms with Crippen LogP contribution in [0.3, 0.4) is 0 Å². The van der Waals surface area contributed by atoms with Crippen molar-refractivity contribution in [2.24, 2.45) is 0 Å². The van der Waals surface area contributed by atoms with E-state index >= 15 is 0 Å². The Kier molecular flexibility index (Phi) is 5.93. The van der Waals surface area contributed by atoms with E-state index in [4.69, 9.17) is 4.98 Å². The van der Waals surface area contributed by atoms with Crippen molar-refractivity contribution in [2.75, 3.05) is 17.2 Å². The molecule has 0 radical (unpaired) electrons. The summed E-state index contributed by atoms with van der Waals surface area (Å²) in [5, 5.41) is 4.56. The minimum Gasteiger partial charge on any atom is -0.311 e. The average molecular weight is 468 g/mol. The van der Waals surface area contributed by atoms with Gasteiger partial charge in [0.05, 0.1) is 11.3 Å². The van der Waals surface area contributed by atoms with E-state index in [0.29, 0.717) is 21.9 Å². The second-order valence-corrected chi connectivity index (χ2v) is 10.3. The first-order valence-corrected chi connectivity index (χ1v) is 13.0. The van der Waals surface area contributed by atoms with E-state index in [9.17, 15) is 9.59 Å². The topological polar surface area (TPSA) is 55.2 Å². The Hall–Kier alpha value is -2.42. The molecule has 0 aliphatic carbocycles. The Morgan fingerprint density at radius 2 is 2.00 bits per heavy atom. The zero-order chi connectivity index (χ0) is 21.2. The van der Waals surface area contributed by atoms with Crippen LogP contribution >= 0.6 is 34.4 Å². The zero-order valence-corrected chi connectivity index (χ0v) is 19.3. The summed E-state index contributed by atoms with van der Waals surface area (Å²) in [6.45, 7) is 1.29. The molecule has 0 atom stereocenters. The Bertz CT molecular complexity index is 1280. The molecule has 31 heavy (non-hydrogen) atoms. The quantitative estimate of drug-likeness (QED) is 0.301. The van der Waals surface area contributed by atoms with Crippen molar-refractivity contribution >= 4 is 56.2 Å². The summed E-state index contributed by atoms with van der Waals surface area (Å²) in [6, 6.07) is 14.1. The van der Waals surface area contributed by atoms with E-state index in [1.807, 2.05) is 46.0 Å². The number of aromatic nitrogens is 2. The predicted octanol–water partition coefficient (Wildman–Crippen LogP) is 4.83. The third kappa shape index (κ3) is 4.20. The van der Waals surface area contributed by atoms with Crippen molar-refractivity contribution < 1.29 is 4.79 Å². The lowest BCUT2D eigenvalue weighted by Crippen LogP contribution is -2.36. The molecule has 158 valence electrons. The smallest absolute Gasteiger partial charge is 0.272 e. The molecule has 0 bridgehead atoms. The van der Waals surface area contributed by atoms with Crippen molar-refractivity contribution in [1.82, 2.24) is 9.55 Å². The maximum absolute atomic E-state index is 13.1. The fourth-order valence-corrected chi connectivity index (χ4v) is 6.28. The highest BCUT2D eigenvalue weighted by Crippen LogP contribution is 2.28. The number of fused-ring (bicyclic) bond motifs is 2. The van der Waals surface area contributed by atoms with Gasteiger partial charge >= 0.3 is 0 Å². The number of carbonyl (C=O) groups excluding carboxylic acids is 1. The average Bonchev–Trinajstić information content (AvgIpc) is 3.48. The maximum Gasteiger partial charge on any atom is 0.272 e. The van der Waals surface area contributed by atoms with Crippen LogP contribution in [0, 0.1) is 0 Å². The lowest BCUT2D eigenvalue weighted by Gasteiger charge is -2.29. The van der Waals surface area contributed by atoms with Crippen LogP contribution in [-0.4, -0.2) is 27.8 Å². The van der Waals surface area contributed by atoms with E-state index < -0.39 is 0 Å². The molecule has 8 heteroatoms. The number of hydrogen-bond donors (Lipinski definition) is 0. The van der Waals surface area contributed by atoms with E-state index in [1.54, 1.807) is 15.9 Å². The fourth-order valence-electron chi connectivity index (χ4n) is 3.90. The molecule has 4 aromatic rings. The SMILES string of the molecule is O=C(CSc1nc2ccsc2c(=O)n1CCc1cccs1)N1CCCc2ccccc21. The summed E-state index contributed by atoms with van der Waals surface area (Å²) < 4.78 is 2.41. The van der Waals surface area contributed by atoms with Crippen molar-refractivity contribution in [3.05, 3.63) is 74.0 Å². The van der Waals surface area contributed by atoms with Crippen LogP contribution in [0.15, 0.2) is 63.2 Å². The molecule has 4 heterocycles. The number of aryl methyl sites for hydroxylation is 2. The molecule has 0 saturated carbocycles. The Morgan fingerprint density at radius 3 is 2.87 bits per heavy atom. The van der Waals surface area contributed by atoms with Gasteiger partial charge in [0.2, 0.25) is 5.91 Å². The number of amides is 1. The van der Waals surface area contributed by atoms with Gasteiger partial charge in [-0.05, 0) is 53.8 Å². The number of para-hydroxylation sites is 1. The first-order valence-electron chi connectivity index (χ1n) is 10.2. The number of nitrogens with zero attached hydrogens (tertiary/aromatic N) is 3. The van der Waals surface area contributed by atoms with Gasteiger partial charge in [-0.25, -0.2) is 4.98 Å². The minimum absolute atomic E-state index is 0.0187. The van der Waals surface area contributed by atoms with Crippen molar-refractivity contribution in [1.29, 1.82) is 0 Å². The van der Waals surface area contributed by atoms with Gasteiger partial charge in [0, 0.05) is 23.7 Å². The molecule has 3 aromatic heterocycles. The first-order chi connectivity index (χ1) is 15.2. The molecule has 5 rings (SSSR count). The van der Waals surface area contributed by atoms with Gasteiger partial charge in [-0.1, -0.05) is 36.0 Å². The number of anilines is 1. The summed E-state index contributed by atoms with van der Waals surface area (Å²) in [6.07, 6.45) is 2.75. The van der Waals surface area contributed by atoms with Crippen LogP contribution < -0.4 is 10.5 Å². The lowest BCUT2D eigenvalue weighted by molar-refractivity contribution is -0.116. The van der Waals surface area contributed by atoms with E-state index in [0.717, 1.165) is 31.5 Å². The van der Waals surface area contributed by atoms with Crippen molar-refractivity contribution in [2.45, 2.75) is 31.0 Å². The van der Waals surface area contributed by atoms with Crippen LogP contribution in [0.25, 0.3) is 10.2 Å². The summed E-state index contributed by atoms with van der Waals surface area (Å²) >= 11 is 4.47. The molecular weight excluding hydrogens is 446 g/mol. The maximum atomic E-state index is 13.1. The van der Waals surface area contributed by atoms with Gasteiger partial charge in [0.25, 0.3) is 5.56 Å². The number of benzene rings is 1. The number of rotatable bonds is 6. The van der Waals surface area contributed by atoms with Gasteiger partial charge in [-0.2, -0.15) is 0 Å². The molecule has 1 amide bonds. The van der Waals surface area contributed by atoms with Crippen LogP contribution in [0.2, 0.25) is 0 Å². The van der Waals surface area contributed by atoms with Crippen LogP contribution in [0.5, 0.6) is 0 Å². The van der Waals surface area contributed by atoms with Crippen molar-refractivity contribution in [3.63, 3.8) is 0 Å².